The lowest BCUT2D eigenvalue weighted by Crippen LogP contribution is -2.58. The van der Waals surface area contributed by atoms with Crippen molar-refractivity contribution in [2.24, 2.45) is 5.92 Å². The molecule has 2 aliphatic rings. The van der Waals surface area contributed by atoms with Gasteiger partial charge in [0.25, 0.3) is 0 Å². The maximum absolute atomic E-state index is 13.0. The molecule has 7 heteroatoms. The minimum absolute atomic E-state index is 0.0502. The molecule has 1 unspecified atom stereocenters. The number of benzene rings is 2. The van der Waals surface area contributed by atoms with Crippen LogP contribution in [0.15, 0.2) is 54.6 Å². The average Bonchev–Trinajstić information content (AvgIpc) is 3.14. The van der Waals surface area contributed by atoms with E-state index in [2.05, 4.69) is 12.1 Å². The van der Waals surface area contributed by atoms with Crippen molar-refractivity contribution < 1.29 is 23.9 Å². The van der Waals surface area contributed by atoms with E-state index in [0.717, 1.165) is 16.7 Å². The third-order valence-electron chi connectivity index (χ3n) is 7.27. The maximum atomic E-state index is 13.0. The minimum Gasteiger partial charge on any atom is -0.469 e. The molecule has 2 aliphatic heterocycles. The molecular weight excluding hydrogens is 432 g/mol. The zero-order valence-corrected chi connectivity index (χ0v) is 19.9. The van der Waals surface area contributed by atoms with Crippen LogP contribution in [0, 0.1) is 5.92 Å². The molecule has 7 nitrogen and oxygen atoms in total. The summed E-state index contributed by atoms with van der Waals surface area (Å²) in [4.78, 5) is 42.0. The van der Waals surface area contributed by atoms with Crippen LogP contribution in [0.5, 0.6) is 0 Å². The zero-order valence-electron chi connectivity index (χ0n) is 19.9. The number of hydrogen-bond acceptors (Lipinski definition) is 5. The summed E-state index contributed by atoms with van der Waals surface area (Å²) >= 11 is 0. The second kappa shape index (κ2) is 10.4. The number of carbonyl (C=O) groups excluding carboxylic acids is 3. The molecular formula is C27H32N2O5. The van der Waals surface area contributed by atoms with Gasteiger partial charge in [0, 0.05) is 33.2 Å². The SMILES string of the molecule is COCCN1C(=O)CC(C(=O)OC)C12CCN(C(=O)Cc1ccc(-c3ccccc3)cc1)CC2. The third kappa shape index (κ3) is 4.71. The van der Waals surface area contributed by atoms with Crippen molar-refractivity contribution in [3.05, 3.63) is 60.2 Å². The predicted octanol–water partition coefficient (Wildman–Crippen LogP) is 2.93. The standard InChI is InChI=1S/C27H32N2O5/c1-33-17-16-29-25(31)19-23(26(32)34-2)27(29)12-14-28(15-13-27)24(30)18-20-8-10-22(11-9-20)21-6-4-3-5-7-21/h3-11,23H,12-19H2,1-2H3. The normalized spacial score (nSPS) is 19.5. The van der Waals surface area contributed by atoms with Crippen molar-refractivity contribution in [2.45, 2.75) is 31.2 Å². The van der Waals surface area contributed by atoms with Gasteiger partial charge in [-0.25, -0.2) is 0 Å². The lowest BCUT2D eigenvalue weighted by Gasteiger charge is -2.47. The Labute approximate surface area is 200 Å². The van der Waals surface area contributed by atoms with E-state index < -0.39 is 11.5 Å². The molecule has 2 saturated heterocycles. The maximum Gasteiger partial charge on any atom is 0.311 e. The number of esters is 1. The van der Waals surface area contributed by atoms with Gasteiger partial charge in [0.15, 0.2) is 0 Å². The molecule has 0 N–H and O–H groups in total. The van der Waals surface area contributed by atoms with E-state index in [0.29, 0.717) is 45.5 Å². The fourth-order valence-electron chi connectivity index (χ4n) is 5.38. The summed E-state index contributed by atoms with van der Waals surface area (Å²) in [6, 6.07) is 18.2. The Morgan fingerprint density at radius 2 is 1.62 bits per heavy atom. The van der Waals surface area contributed by atoms with E-state index in [1.165, 1.54) is 7.11 Å². The van der Waals surface area contributed by atoms with E-state index in [4.69, 9.17) is 9.47 Å². The Hall–Kier alpha value is -3.19. The molecule has 0 saturated carbocycles. The van der Waals surface area contributed by atoms with Gasteiger partial charge in [0.1, 0.15) is 0 Å². The van der Waals surface area contributed by atoms with Gasteiger partial charge in [-0.2, -0.15) is 0 Å². The number of rotatable bonds is 7. The highest BCUT2D eigenvalue weighted by Crippen LogP contribution is 2.44. The highest BCUT2D eigenvalue weighted by molar-refractivity contribution is 5.89. The first kappa shape index (κ1) is 24.0. The Morgan fingerprint density at radius 1 is 0.971 bits per heavy atom. The van der Waals surface area contributed by atoms with Crippen molar-refractivity contribution in [2.75, 3.05) is 40.5 Å². The summed E-state index contributed by atoms with van der Waals surface area (Å²) < 4.78 is 10.2. The van der Waals surface area contributed by atoms with E-state index in [9.17, 15) is 14.4 Å². The molecule has 34 heavy (non-hydrogen) atoms. The summed E-state index contributed by atoms with van der Waals surface area (Å²) in [7, 11) is 2.96. The van der Waals surface area contributed by atoms with Gasteiger partial charge in [-0.3, -0.25) is 14.4 Å². The van der Waals surface area contributed by atoms with Crippen molar-refractivity contribution in [3.8, 4) is 11.1 Å². The summed E-state index contributed by atoms with van der Waals surface area (Å²) in [6.07, 6.45) is 1.59. The first-order chi connectivity index (χ1) is 16.5. The van der Waals surface area contributed by atoms with Gasteiger partial charge in [-0.15, -0.1) is 0 Å². The molecule has 2 heterocycles. The first-order valence-corrected chi connectivity index (χ1v) is 11.8. The Bertz CT molecular complexity index is 1010. The fraction of sp³-hybridized carbons (Fsp3) is 0.444. The largest absolute Gasteiger partial charge is 0.469 e. The quantitative estimate of drug-likeness (QED) is 0.589. The third-order valence-corrected chi connectivity index (χ3v) is 7.27. The van der Waals surface area contributed by atoms with Crippen LogP contribution in [-0.4, -0.2) is 73.6 Å². The van der Waals surface area contributed by atoms with Crippen molar-refractivity contribution in [1.82, 2.24) is 9.80 Å². The fourth-order valence-corrected chi connectivity index (χ4v) is 5.38. The van der Waals surface area contributed by atoms with Crippen LogP contribution in [-0.2, 0) is 30.3 Å². The van der Waals surface area contributed by atoms with Gasteiger partial charge in [0.05, 0.1) is 31.6 Å². The van der Waals surface area contributed by atoms with Gasteiger partial charge >= 0.3 is 5.97 Å². The molecule has 0 bridgehead atoms. The number of amides is 2. The van der Waals surface area contributed by atoms with Crippen molar-refractivity contribution in [3.63, 3.8) is 0 Å². The molecule has 0 aliphatic carbocycles. The molecule has 1 spiro atoms. The minimum atomic E-state index is -0.614. The van der Waals surface area contributed by atoms with Gasteiger partial charge in [-0.05, 0) is 29.5 Å². The van der Waals surface area contributed by atoms with E-state index in [-0.39, 0.29) is 24.2 Å². The Morgan fingerprint density at radius 3 is 2.24 bits per heavy atom. The molecule has 2 fully saturated rings. The van der Waals surface area contributed by atoms with Crippen LogP contribution < -0.4 is 0 Å². The van der Waals surface area contributed by atoms with Crippen molar-refractivity contribution >= 4 is 17.8 Å². The van der Waals surface area contributed by atoms with E-state index in [1.807, 2.05) is 47.4 Å². The predicted molar refractivity (Wildman–Crippen MR) is 128 cm³/mol. The van der Waals surface area contributed by atoms with Gasteiger partial charge < -0.3 is 19.3 Å². The smallest absolute Gasteiger partial charge is 0.311 e. The number of carbonyl (C=O) groups is 3. The average molecular weight is 465 g/mol. The monoisotopic (exact) mass is 464 g/mol. The number of nitrogens with zero attached hydrogens (tertiary/aromatic N) is 2. The second-order valence-corrected chi connectivity index (χ2v) is 9.04. The van der Waals surface area contributed by atoms with Crippen LogP contribution in [0.3, 0.4) is 0 Å². The number of ether oxygens (including phenoxy) is 2. The van der Waals surface area contributed by atoms with Crippen LogP contribution >= 0.6 is 0 Å². The van der Waals surface area contributed by atoms with Crippen LogP contribution in [0.2, 0.25) is 0 Å². The summed E-state index contributed by atoms with van der Waals surface area (Å²) in [5.41, 5.74) is 2.62. The molecule has 180 valence electrons. The highest BCUT2D eigenvalue weighted by atomic mass is 16.5. The topological polar surface area (TPSA) is 76.2 Å². The van der Waals surface area contributed by atoms with E-state index >= 15 is 0 Å². The Balaban J connectivity index is 1.42. The van der Waals surface area contributed by atoms with Crippen LogP contribution in [0.4, 0.5) is 0 Å². The van der Waals surface area contributed by atoms with Gasteiger partial charge in [0.2, 0.25) is 11.8 Å². The number of hydrogen-bond donors (Lipinski definition) is 0. The second-order valence-electron chi connectivity index (χ2n) is 9.04. The molecule has 0 radical (unpaired) electrons. The highest BCUT2D eigenvalue weighted by Gasteiger charge is 2.57. The first-order valence-electron chi connectivity index (χ1n) is 11.8. The number of likely N-dealkylation sites (tertiary alicyclic amines) is 2. The van der Waals surface area contributed by atoms with Crippen LogP contribution in [0.25, 0.3) is 11.1 Å². The van der Waals surface area contributed by atoms with Crippen molar-refractivity contribution in [1.29, 1.82) is 0 Å². The number of methoxy groups -OCH3 is 2. The molecule has 2 aromatic rings. The molecule has 1 atom stereocenters. The zero-order chi connectivity index (χ0) is 24.1. The lowest BCUT2D eigenvalue weighted by atomic mass is 9.76. The molecule has 2 aromatic carbocycles. The van der Waals surface area contributed by atoms with E-state index in [1.54, 1.807) is 12.0 Å². The summed E-state index contributed by atoms with van der Waals surface area (Å²) in [6.45, 7) is 1.85. The number of piperidine rings is 1. The lowest BCUT2D eigenvalue weighted by molar-refractivity contribution is -0.151. The van der Waals surface area contributed by atoms with Gasteiger partial charge in [-0.1, -0.05) is 54.6 Å². The molecule has 2 amide bonds. The summed E-state index contributed by atoms with van der Waals surface area (Å²) in [5, 5.41) is 0. The Kier molecular flexibility index (Phi) is 7.32. The molecule has 4 rings (SSSR count). The summed E-state index contributed by atoms with van der Waals surface area (Å²) in [5.74, 6) is -0.855. The van der Waals surface area contributed by atoms with Crippen LogP contribution in [0.1, 0.15) is 24.8 Å². The molecule has 0 aromatic heterocycles.